The van der Waals surface area contributed by atoms with E-state index in [2.05, 4.69) is 20.4 Å². The van der Waals surface area contributed by atoms with E-state index < -0.39 is 6.03 Å². The fraction of sp³-hybridized carbons (Fsp3) is 0.846. The molecule has 1 aliphatic rings. The zero-order valence-corrected chi connectivity index (χ0v) is 12.5. The number of nitrogens with two attached hydrogens (primary N) is 1. The van der Waals surface area contributed by atoms with Crippen LogP contribution in [0.25, 0.3) is 0 Å². The van der Waals surface area contributed by atoms with E-state index in [1.54, 1.807) is 0 Å². The fourth-order valence-corrected chi connectivity index (χ4v) is 2.30. The molecule has 0 aromatic carbocycles. The van der Waals surface area contributed by atoms with E-state index >= 15 is 0 Å². The van der Waals surface area contributed by atoms with Crippen molar-refractivity contribution in [1.29, 1.82) is 0 Å². The molecule has 0 spiro atoms. The maximum absolute atomic E-state index is 11.9. The van der Waals surface area contributed by atoms with Crippen LogP contribution in [0.2, 0.25) is 0 Å². The average Bonchev–Trinajstić information content (AvgIpc) is 2.47. The van der Waals surface area contributed by atoms with Gasteiger partial charge in [0, 0.05) is 33.2 Å². The van der Waals surface area contributed by atoms with Crippen LogP contribution in [0, 0.1) is 0 Å². The predicted molar refractivity (Wildman–Crippen MR) is 78.4 cm³/mol. The van der Waals surface area contributed by atoms with Crippen LogP contribution in [-0.2, 0) is 4.79 Å². The number of rotatable bonds is 6. The third kappa shape index (κ3) is 5.44. The first kappa shape index (κ1) is 16.9. The zero-order valence-electron chi connectivity index (χ0n) is 12.5. The number of amides is 3. The molecule has 0 bridgehead atoms. The second kappa shape index (κ2) is 8.89. The quantitative estimate of drug-likeness (QED) is 0.555. The lowest BCUT2D eigenvalue weighted by atomic mass is 10.2. The minimum Gasteiger partial charge on any atom is -0.341 e. The van der Waals surface area contributed by atoms with Gasteiger partial charge in [0.1, 0.15) is 0 Å². The maximum atomic E-state index is 11.9. The van der Waals surface area contributed by atoms with Gasteiger partial charge < -0.3 is 16.0 Å². The van der Waals surface area contributed by atoms with Gasteiger partial charge in [-0.15, -0.1) is 0 Å². The predicted octanol–water partition coefficient (Wildman–Crippen LogP) is -0.813. The number of urea groups is 1. The third-order valence-electron chi connectivity index (χ3n) is 3.73. The average molecular weight is 285 g/mol. The first-order valence-corrected chi connectivity index (χ1v) is 7.27. The van der Waals surface area contributed by atoms with Crippen molar-refractivity contribution >= 4 is 11.9 Å². The number of hydrogen-bond donors (Lipinski definition) is 3. The molecular weight excluding hydrogens is 258 g/mol. The molecule has 1 unspecified atom stereocenters. The van der Waals surface area contributed by atoms with Crippen LogP contribution in [0.3, 0.4) is 0 Å². The highest BCUT2D eigenvalue weighted by molar-refractivity contribution is 5.96. The molecule has 7 nitrogen and oxygen atoms in total. The van der Waals surface area contributed by atoms with Gasteiger partial charge in [0.2, 0.25) is 5.91 Å². The topological polar surface area (TPSA) is 90.7 Å². The van der Waals surface area contributed by atoms with Crippen LogP contribution in [0.1, 0.15) is 19.8 Å². The van der Waals surface area contributed by atoms with Gasteiger partial charge in [0.05, 0.1) is 6.04 Å². The van der Waals surface area contributed by atoms with Gasteiger partial charge in [0.25, 0.3) is 0 Å². The molecule has 0 aromatic rings. The number of carbonyl (C=O) groups excluding carboxylic acids is 2. The molecule has 1 saturated heterocycles. The molecule has 4 N–H and O–H groups in total. The SMILES string of the molecule is CNC(=O)NC(=O)C(C)N1CCN(CCCCN)CC1. The number of hydrogen-bond acceptors (Lipinski definition) is 5. The van der Waals surface area contributed by atoms with E-state index in [0.717, 1.165) is 52.1 Å². The maximum Gasteiger partial charge on any atom is 0.321 e. The highest BCUT2D eigenvalue weighted by atomic mass is 16.2. The largest absolute Gasteiger partial charge is 0.341 e. The number of nitrogens with one attached hydrogen (secondary N) is 2. The van der Waals surface area contributed by atoms with E-state index in [-0.39, 0.29) is 11.9 Å². The highest BCUT2D eigenvalue weighted by Gasteiger charge is 2.26. The Morgan fingerprint density at radius 3 is 2.40 bits per heavy atom. The normalized spacial score (nSPS) is 18.6. The molecule has 1 fully saturated rings. The summed E-state index contributed by atoms with van der Waals surface area (Å²) in [5.74, 6) is -0.249. The van der Waals surface area contributed by atoms with Crippen molar-refractivity contribution in [3.05, 3.63) is 0 Å². The van der Waals surface area contributed by atoms with Crippen molar-refractivity contribution in [2.45, 2.75) is 25.8 Å². The molecule has 116 valence electrons. The highest BCUT2D eigenvalue weighted by Crippen LogP contribution is 2.07. The second-order valence-electron chi connectivity index (χ2n) is 5.12. The zero-order chi connectivity index (χ0) is 15.0. The van der Waals surface area contributed by atoms with Gasteiger partial charge in [-0.05, 0) is 32.9 Å². The van der Waals surface area contributed by atoms with Crippen LogP contribution in [0.5, 0.6) is 0 Å². The lowest BCUT2D eigenvalue weighted by Crippen LogP contribution is -2.55. The molecule has 1 rings (SSSR count). The third-order valence-corrected chi connectivity index (χ3v) is 3.73. The summed E-state index contributed by atoms with van der Waals surface area (Å²) in [6.07, 6.45) is 2.19. The number of unbranched alkanes of at least 4 members (excludes halogenated alkanes) is 1. The Hall–Kier alpha value is -1.18. The number of nitrogens with zero attached hydrogens (tertiary/aromatic N) is 2. The molecule has 0 saturated carbocycles. The number of carbonyl (C=O) groups is 2. The van der Waals surface area contributed by atoms with Crippen molar-refractivity contribution < 1.29 is 9.59 Å². The van der Waals surface area contributed by atoms with E-state index in [4.69, 9.17) is 5.73 Å². The standard InChI is InChI=1S/C13H27N5O2/c1-11(12(19)16-13(20)15-2)18-9-7-17(8-10-18)6-4-3-5-14/h11H,3-10,14H2,1-2H3,(H2,15,16,19,20). The molecule has 7 heteroatoms. The molecule has 0 aromatic heterocycles. The van der Waals surface area contributed by atoms with Gasteiger partial charge in [-0.1, -0.05) is 0 Å². The lowest BCUT2D eigenvalue weighted by Gasteiger charge is -2.37. The molecular formula is C13H27N5O2. The molecule has 0 aliphatic carbocycles. The first-order chi connectivity index (χ1) is 9.58. The van der Waals surface area contributed by atoms with Crippen LogP contribution >= 0.6 is 0 Å². The fourth-order valence-electron chi connectivity index (χ4n) is 2.30. The minimum absolute atomic E-state index is 0.249. The summed E-state index contributed by atoms with van der Waals surface area (Å²) in [6, 6.07) is -0.735. The van der Waals surface area contributed by atoms with Crippen LogP contribution in [-0.4, -0.2) is 74.1 Å². The molecule has 1 atom stereocenters. The monoisotopic (exact) mass is 285 g/mol. The Labute approximate surface area is 120 Å². The van der Waals surface area contributed by atoms with Crippen LogP contribution in [0.15, 0.2) is 0 Å². The van der Waals surface area contributed by atoms with Crippen molar-refractivity contribution in [3.8, 4) is 0 Å². The van der Waals surface area contributed by atoms with Gasteiger partial charge in [-0.25, -0.2) is 4.79 Å². The Morgan fingerprint density at radius 1 is 1.20 bits per heavy atom. The minimum atomic E-state index is -0.456. The Balaban J connectivity index is 2.29. The van der Waals surface area contributed by atoms with Crippen molar-refractivity contribution in [2.24, 2.45) is 5.73 Å². The second-order valence-corrected chi connectivity index (χ2v) is 5.12. The molecule has 1 aliphatic heterocycles. The summed E-state index contributed by atoms with van der Waals surface area (Å²) in [7, 11) is 1.49. The Morgan fingerprint density at radius 2 is 1.85 bits per heavy atom. The molecule has 0 radical (unpaired) electrons. The number of piperazine rings is 1. The summed E-state index contributed by atoms with van der Waals surface area (Å²) in [5.41, 5.74) is 5.49. The lowest BCUT2D eigenvalue weighted by molar-refractivity contribution is -0.125. The van der Waals surface area contributed by atoms with Crippen LogP contribution < -0.4 is 16.4 Å². The van der Waals surface area contributed by atoms with E-state index in [0.29, 0.717) is 0 Å². The Bertz CT molecular complexity index is 316. The first-order valence-electron chi connectivity index (χ1n) is 7.27. The summed E-state index contributed by atoms with van der Waals surface area (Å²) < 4.78 is 0. The Kier molecular flexibility index (Phi) is 7.50. The summed E-state index contributed by atoms with van der Waals surface area (Å²) in [5, 5.41) is 4.70. The van der Waals surface area contributed by atoms with Gasteiger partial charge >= 0.3 is 6.03 Å². The van der Waals surface area contributed by atoms with E-state index in [1.165, 1.54) is 7.05 Å². The van der Waals surface area contributed by atoms with Crippen LogP contribution in [0.4, 0.5) is 4.79 Å². The smallest absolute Gasteiger partial charge is 0.321 e. The summed E-state index contributed by atoms with van der Waals surface area (Å²) >= 11 is 0. The summed E-state index contributed by atoms with van der Waals surface area (Å²) in [6.45, 7) is 7.28. The molecule has 20 heavy (non-hydrogen) atoms. The molecule has 1 heterocycles. The van der Waals surface area contributed by atoms with Gasteiger partial charge in [-0.3, -0.25) is 15.0 Å². The van der Waals surface area contributed by atoms with Crippen molar-refractivity contribution in [2.75, 3.05) is 46.3 Å². The molecule has 3 amide bonds. The van der Waals surface area contributed by atoms with Gasteiger partial charge in [-0.2, -0.15) is 0 Å². The van der Waals surface area contributed by atoms with Gasteiger partial charge in [0.15, 0.2) is 0 Å². The van der Waals surface area contributed by atoms with Crippen molar-refractivity contribution in [3.63, 3.8) is 0 Å². The number of imide groups is 1. The van der Waals surface area contributed by atoms with Crippen molar-refractivity contribution in [1.82, 2.24) is 20.4 Å². The van der Waals surface area contributed by atoms with E-state index in [1.807, 2.05) is 6.92 Å². The van der Waals surface area contributed by atoms with E-state index in [9.17, 15) is 9.59 Å². The summed E-state index contributed by atoms with van der Waals surface area (Å²) in [4.78, 5) is 27.5.